The van der Waals surface area contributed by atoms with Crippen LogP contribution in [-0.4, -0.2) is 52.2 Å². The van der Waals surface area contributed by atoms with Crippen LogP contribution in [0.1, 0.15) is 22.2 Å². The monoisotopic (exact) mass is 332 g/mol. The predicted octanol–water partition coefficient (Wildman–Crippen LogP) is 1.56. The van der Waals surface area contributed by atoms with E-state index in [2.05, 4.69) is 44.1 Å². The topological polar surface area (TPSA) is 67.4 Å². The summed E-state index contributed by atoms with van der Waals surface area (Å²) in [4.78, 5) is 15.0. The lowest BCUT2D eigenvalue weighted by Gasteiger charge is -2.36. The Kier molecular flexibility index (Phi) is 5.32. The first-order chi connectivity index (χ1) is 11.2. The lowest BCUT2D eigenvalue weighted by Crippen LogP contribution is -2.51. The SMILES string of the molecule is C[C@H](NC(=O)c1cnns1)[C@H]1CN(Cc2ccccc2)CCO1. The van der Waals surface area contributed by atoms with E-state index < -0.39 is 0 Å². The van der Waals surface area contributed by atoms with E-state index in [1.165, 1.54) is 11.8 Å². The number of rotatable bonds is 5. The molecule has 0 saturated carbocycles. The fraction of sp³-hybridized carbons (Fsp3) is 0.438. The van der Waals surface area contributed by atoms with Gasteiger partial charge in [0.1, 0.15) is 4.88 Å². The minimum atomic E-state index is -0.142. The van der Waals surface area contributed by atoms with Crippen LogP contribution in [0.2, 0.25) is 0 Å². The molecular formula is C16H20N4O2S. The molecule has 0 unspecified atom stereocenters. The zero-order valence-corrected chi connectivity index (χ0v) is 13.8. The molecule has 0 spiro atoms. The summed E-state index contributed by atoms with van der Waals surface area (Å²) < 4.78 is 9.55. The van der Waals surface area contributed by atoms with Crippen LogP contribution < -0.4 is 5.32 Å². The van der Waals surface area contributed by atoms with E-state index in [-0.39, 0.29) is 18.1 Å². The molecule has 1 aromatic carbocycles. The van der Waals surface area contributed by atoms with E-state index in [1.54, 1.807) is 0 Å². The van der Waals surface area contributed by atoms with Gasteiger partial charge in [0, 0.05) is 19.6 Å². The molecule has 1 aliphatic rings. The summed E-state index contributed by atoms with van der Waals surface area (Å²) in [5.41, 5.74) is 1.29. The molecular weight excluding hydrogens is 312 g/mol. The number of aromatic nitrogens is 2. The first kappa shape index (κ1) is 16.0. The largest absolute Gasteiger partial charge is 0.373 e. The minimum Gasteiger partial charge on any atom is -0.373 e. The molecule has 3 rings (SSSR count). The van der Waals surface area contributed by atoms with Crippen molar-refractivity contribution in [1.29, 1.82) is 0 Å². The van der Waals surface area contributed by atoms with Crippen LogP contribution in [-0.2, 0) is 11.3 Å². The number of nitrogens with zero attached hydrogens (tertiary/aromatic N) is 3. The lowest BCUT2D eigenvalue weighted by atomic mass is 10.1. The number of carbonyl (C=O) groups is 1. The highest BCUT2D eigenvalue weighted by molar-refractivity contribution is 7.07. The molecule has 7 heteroatoms. The van der Waals surface area contributed by atoms with E-state index in [0.29, 0.717) is 11.5 Å². The summed E-state index contributed by atoms with van der Waals surface area (Å²) in [6, 6.07) is 10.3. The molecule has 1 N–H and O–H groups in total. The van der Waals surface area contributed by atoms with Gasteiger partial charge in [0.05, 0.1) is 24.9 Å². The van der Waals surface area contributed by atoms with Crippen LogP contribution in [0.15, 0.2) is 36.5 Å². The number of carbonyl (C=O) groups excluding carboxylic acids is 1. The van der Waals surface area contributed by atoms with Crippen LogP contribution in [0.4, 0.5) is 0 Å². The van der Waals surface area contributed by atoms with Gasteiger partial charge in [-0.3, -0.25) is 9.69 Å². The standard InChI is InChI=1S/C16H20N4O2S/c1-12(18-16(21)15-9-17-19-23-15)14-11-20(7-8-22-14)10-13-5-3-2-4-6-13/h2-6,9,12,14H,7-8,10-11H2,1H3,(H,18,21)/t12-,14+/m0/s1. The summed E-state index contributed by atoms with van der Waals surface area (Å²) >= 11 is 1.10. The summed E-state index contributed by atoms with van der Waals surface area (Å²) in [6.07, 6.45) is 1.47. The fourth-order valence-electron chi connectivity index (χ4n) is 2.66. The van der Waals surface area contributed by atoms with Crippen molar-refractivity contribution in [3.63, 3.8) is 0 Å². The molecule has 122 valence electrons. The Morgan fingerprint density at radius 1 is 1.48 bits per heavy atom. The van der Waals surface area contributed by atoms with Crippen molar-refractivity contribution in [2.24, 2.45) is 0 Å². The highest BCUT2D eigenvalue weighted by atomic mass is 32.1. The summed E-state index contributed by atoms with van der Waals surface area (Å²) in [5, 5.41) is 6.67. The molecule has 1 amide bonds. The Morgan fingerprint density at radius 3 is 3.04 bits per heavy atom. The number of hydrogen-bond acceptors (Lipinski definition) is 6. The van der Waals surface area contributed by atoms with Gasteiger partial charge in [-0.05, 0) is 24.0 Å². The molecule has 0 radical (unpaired) electrons. The summed E-state index contributed by atoms with van der Waals surface area (Å²) in [5.74, 6) is -0.142. The average molecular weight is 332 g/mol. The quantitative estimate of drug-likeness (QED) is 0.900. The van der Waals surface area contributed by atoms with Crippen LogP contribution in [0, 0.1) is 0 Å². The smallest absolute Gasteiger partial charge is 0.264 e. The minimum absolute atomic E-state index is 0.0164. The maximum absolute atomic E-state index is 12.1. The highest BCUT2D eigenvalue weighted by Crippen LogP contribution is 2.13. The van der Waals surface area contributed by atoms with Crippen LogP contribution in [0.25, 0.3) is 0 Å². The van der Waals surface area contributed by atoms with Crippen molar-refractivity contribution in [2.75, 3.05) is 19.7 Å². The first-order valence-corrected chi connectivity index (χ1v) is 8.46. The maximum atomic E-state index is 12.1. The molecule has 2 heterocycles. The van der Waals surface area contributed by atoms with Crippen molar-refractivity contribution in [3.8, 4) is 0 Å². The lowest BCUT2D eigenvalue weighted by molar-refractivity contribution is -0.0449. The number of hydrogen-bond donors (Lipinski definition) is 1. The van der Waals surface area contributed by atoms with E-state index >= 15 is 0 Å². The van der Waals surface area contributed by atoms with Gasteiger partial charge in [0.25, 0.3) is 5.91 Å². The second-order valence-corrected chi connectivity index (χ2v) is 6.46. The molecule has 6 nitrogen and oxygen atoms in total. The van der Waals surface area contributed by atoms with Gasteiger partial charge in [-0.2, -0.15) is 0 Å². The highest BCUT2D eigenvalue weighted by Gasteiger charge is 2.27. The Morgan fingerprint density at radius 2 is 2.30 bits per heavy atom. The van der Waals surface area contributed by atoms with E-state index in [4.69, 9.17) is 4.74 Å². The third-order valence-electron chi connectivity index (χ3n) is 3.93. The van der Waals surface area contributed by atoms with Crippen molar-refractivity contribution in [2.45, 2.75) is 25.6 Å². The van der Waals surface area contributed by atoms with Crippen LogP contribution in [0.5, 0.6) is 0 Å². The zero-order valence-electron chi connectivity index (χ0n) is 13.0. The van der Waals surface area contributed by atoms with Gasteiger partial charge in [-0.25, -0.2) is 0 Å². The van der Waals surface area contributed by atoms with Crippen molar-refractivity contribution in [3.05, 3.63) is 47.0 Å². The zero-order chi connectivity index (χ0) is 16.1. The predicted molar refractivity (Wildman–Crippen MR) is 88.3 cm³/mol. The second-order valence-electron chi connectivity index (χ2n) is 5.67. The number of morpholine rings is 1. The van der Waals surface area contributed by atoms with Crippen molar-refractivity contribution < 1.29 is 9.53 Å². The second kappa shape index (κ2) is 7.63. The van der Waals surface area contributed by atoms with Gasteiger partial charge < -0.3 is 10.1 Å². The van der Waals surface area contributed by atoms with Gasteiger partial charge in [0.15, 0.2) is 0 Å². The first-order valence-electron chi connectivity index (χ1n) is 7.68. The maximum Gasteiger partial charge on any atom is 0.264 e. The summed E-state index contributed by atoms with van der Waals surface area (Å²) in [7, 11) is 0. The molecule has 2 atom stereocenters. The van der Waals surface area contributed by atoms with E-state index in [9.17, 15) is 4.79 Å². The Labute approximate surface area is 139 Å². The van der Waals surface area contributed by atoms with Crippen molar-refractivity contribution >= 4 is 17.4 Å². The van der Waals surface area contributed by atoms with E-state index in [0.717, 1.165) is 31.2 Å². The Balaban J connectivity index is 1.54. The molecule has 1 aliphatic heterocycles. The Hall–Kier alpha value is -1.83. The molecule has 1 aromatic heterocycles. The van der Waals surface area contributed by atoms with Gasteiger partial charge in [0.2, 0.25) is 0 Å². The molecule has 0 aliphatic carbocycles. The molecule has 0 bridgehead atoms. The van der Waals surface area contributed by atoms with E-state index in [1.807, 2.05) is 13.0 Å². The van der Waals surface area contributed by atoms with Gasteiger partial charge >= 0.3 is 0 Å². The number of benzene rings is 1. The van der Waals surface area contributed by atoms with Crippen LogP contribution >= 0.6 is 11.5 Å². The summed E-state index contributed by atoms with van der Waals surface area (Å²) in [6.45, 7) is 5.27. The van der Waals surface area contributed by atoms with Gasteiger partial charge in [-0.15, -0.1) is 5.10 Å². The third-order valence-corrected chi connectivity index (χ3v) is 4.59. The normalized spacial score (nSPS) is 20.1. The molecule has 2 aromatic rings. The number of nitrogens with one attached hydrogen (secondary N) is 1. The number of amides is 1. The number of ether oxygens (including phenoxy) is 1. The van der Waals surface area contributed by atoms with Gasteiger partial charge in [-0.1, -0.05) is 34.8 Å². The third kappa shape index (κ3) is 4.34. The average Bonchev–Trinajstić information content (AvgIpc) is 3.10. The van der Waals surface area contributed by atoms with Crippen LogP contribution in [0.3, 0.4) is 0 Å². The molecule has 1 fully saturated rings. The Bertz CT molecular complexity index is 620. The fourth-order valence-corrected chi connectivity index (χ4v) is 3.08. The molecule has 23 heavy (non-hydrogen) atoms. The van der Waals surface area contributed by atoms with Crippen molar-refractivity contribution in [1.82, 2.24) is 19.8 Å². The molecule has 1 saturated heterocycles.